The molecule has 0 bridgehead atoms. The van der Waals surface area contributed by atoms with Gasteiger partial charge in [0.15, 0.2) is 0 Å². The molecule has 1 aromatic heterocycles. The first-order valence-electron chi connectivity index (χ1n) is 5.82. The topological polar surface area (TPSA) is 82.5 Å². The summed E-state index contributed by atoms with van der Waals surface area (Å²) in [4.78, 5) is 15.1. The number of hydrogen-bond acceptors (Lipinski definition) is 4. The van der Waals surface area contributed by atoms with Gasteiger partial charge >= 0.3 is 5.97 Å². The van der Waals surface area contributed by atoms with E-state index in [0.717, 1.165) is 0 Å². The second-order valence-corrected chi connectivity index (χ2v) is 4.16. The monoisotopic (exact) mass is 282 g/mol. The molecule has 5 nitrogen and oxygen atoms in total. The molecule has 1 atom stereocenters. The third-order valence-electron chi connectivity index (χ3n) is 2.75. The second kappa shape index (κ2) is 5.79. The van der Waals surface area contributed by atoms with Crippen molar-refractivity contribution in [1.82, 2.24) is 4.98 Å². The van der Waals surface area contributed by atoms with Crippen molar-refractivity contribution >= 4 is 22.7 Å². The smallest absolute Gasteiger partial charge is 0.336 e. The van der Waals surface area contributed by atoms with E-state index in [9.17, 15) is 13.6 Å². The first-order valence-corrected chi connectivity index (χ1v) is 5.82. The van der Waals surface area contributed by atoms with E-state index in [4.69, 9.17) is 10.2 Å². The van der Waals surface area contributed by atoms with Crippen LogP contribution in [0.25, 0.3) is 10.9 Å². The predicted octanol–water partition coefficient (Wildman–Crippen LogP) is 1.97. The minimum absolute atomic E-state index is 0.120. The molecule has 0 saturated heterocycles. The number of carboxylic acid groups (broad SMARTS) is 1. The number of pyridine rings is 1. The zero-order chi connectivity index (χ0) is 14.7. The number of benzene rings is 1. The molecule has 3 N–H and O–H groups in total. The van der Waals surface area contributed by atoms with Gasteiger partial charge in [-0.1, -0.05) is 6.07 Å². The molecule has 1 unspecified atom stereocenters. The van der Waals surface area contributed by atoms with Crippen LogP contribution in [0.3, 0.4) is 0 Å². The van der Waals surface area contributed by atoms with Crippen molar-refractivity contribution < 1.29 is 23.8 Å². The number of aliphatic hydroxyl groups is 1. The molecule has 20 heavy (non-hydrogen) atoms. The molecule has 0 saturated carbocycles. The van der Waals surface area contributed by atoms with Gasteiger partial charge in [0.25, 0.3) is 6.43 Å². The van der Waals surface area contributed by atoms with Gasteiger partial charge in [-0.15, -0.1) is 0 Å². The Kier molecular flexibility index (Phi) is 4.09. The van der Waals surface area contributed by atoms with Crippen molar-refractivity contribution in [1.29, 1.82) is 0 Å². The van der Waals surface area contributed by atoms with Crippen molar-refractivity contribution in [2.24, 2.45) is 0 Å². The van der Waals surface area contributed by atoms with Crippen molar-refractivity contribution in [3.8, 4) is 0 Å². The second-order valence-electron chi connectivity index (χ2n) is 4.16. The van der Waals surface area contributed by atoms with Crippen LogP contribution in [-0.4, -0.2) is 40.2 Å². The van der Waals surface area contributed by atoms with Gasteiger partial charge in [0.05, 0.1) is 11.1 Å². The molecule has 0 amide bonds. The summed E-state index contributed by atoms with van der Waals surface area (Å²) >= 11 is 0. The average molecular weight is 282 g/mol. The number of aromatic nitrogens is 1. The van der Waals surface area contributed by atoms with E-state index in [1.54, 1.807) is 18.2 Å². The normalized spacial score (nSPS) is 12.6. The quantitative estimate of drug-likeness (QED) is 0.781. The fourth-order valence-electron chi connectivity index (χ4n) is 1.74. The summed E-state index contributed by atoms with van der Waals surface area (Å²) in [7, 11) is 0. The van der Waals surface area contributed by atoms with E-state index in [0.29, 0.717) is 16.7 Å². The first kappa shape index (κ1) is 14.1. The predicted molar refractivity (Wildman–Crippen MR) is 69.2 cm³/mol. The lowest BCUT2D eigenvalue weighted by Gasteiger charge is -2.11. The van der Waals surface area contributed by atoms with Crippen LogP contribution < -0.4 is 5.32 Å². The Morgan fingerprint density at radius 2 is 2.05 bits per heavy atom. The van der Waals surface area contributed by atoms with Gasteiger partial charge in [-0.25, -0.2) is 18.6 Å². The third kappa shape index (κ3) is 3.00. The number of carboxylic acids is 1. The van der Waals surface area contributed by atoms with E-state index in [2.05, 4.69) is 10.3 Å². The molecule has 1 heterocycles. The summed E-state index contributed by atoms with van der Waals surface area (Å²) in [5.41, 5.74) is 0.551. The fraction of sp³-hybridized carbons (Fsp3) is 0.231. The standard InChI is InChI=1S/C13H12F2N2O3/c14-12(15)10(18)6-16-11-5-4-7-8(13(19)20)2-1-3-9(7)17-11/h1-5,10,12,18H,6H2,(H,16,17)(H,19,20). The lowest BCUT2D eigenvalue weighted by molar-refractivity contribution is 0.00381. The number of hydrogen-bond donors (Lipinski definition) is 3. The first-order chi connectivity index (χ1) is 9.49. The van der Waals surface area contributed by atoms with Crippen molar-refractivity contribution in [2.75, 3.05) is 11.9 Å². The van der Waals surface area contributed by atoms with Crippen LogP contribution >= 0.6 is 0 Å². The molecule has 106 valence electrons. The molecule has 0 fully saturated rings. The van der Waals surface area contributed by atoms with E-state index in [1.165, 1.54) is 12.1 Å². The van der Waals surface area contributed by atoms with Crippen molar-refractivity contribution in [2.45, 2.75) is 12.5 Å². The molecule has 0 spiro atoms. The zero-order valence-corrected chi connectivity index (χ0v) is 10.3. The largest absolute Gasteiger partial charge is 0.478 e. The Hall–Kier alpha value is -2.28. The van der Waals surface area contributed by atoms with Gasteiger partial charge in [0.2, 0.25) is 0 Å². The molecular weight excluding hydrogens is 270 g/mol. The number of aromatic carboxylic acids is 1. The van der Waals surface area contributed by atoms with Crippen LogP contribution in [-0.2, 0) is 0 Å². The number of aliphatic hydroxyl groups excluding tert-OH is 1. The number of alkyl halides is 2. The van der Waals surface area contributed by atoms with E-state index < -0.39 is 18.5 Å². The Morgan fingerprint density at radius 3 is 2.70 bits per heavy atom. The lowest BCUT2D eigenvalue weighted by atomic mass is 10.1. The Morgan fingerprint density at radius 1 is 1.30 bits per heavy atom. The maximum atomic E-state index is 12.2. The van der Waals surface area contributed by atoms with Crippen LogP contribution in [0.1, 0.15) is 10.4 Å². The summed E-state index contributed by atoms with van der Waals surface area (Å²) in [6.45, 7) is -0.338. The Bertz CT molecular complexity index is 634. The van der Waals surface area contributed by atoms with Gasteiger partial charge in [0.1, 0.15) is 11.9 Å². The maximum Gasteiger partial charge on any atom is 0.336 e. The van der Waals surface area contributed by atoms with Crippen LogP contribution in [0.15, 0.2) is 30.3 Å². The molecule has 1 aromatic carbocycles. The van der Waals surface area contributed by atoms with E-state index in [-0.39, 0.29) is 12.1 Å². The highest BCUT2D eigenvalue weighted by molar-refractivity contribution is 6.02. The Balaban J connectivity index is 2.24. The molecule has 0 aliphatic rings. The lowest BCUT2D eigenvalue weighted by Crippen LogP contribution is -2.27. The average Bonchev–Trinajstić information content (AvgIpc) is 2.43. The fourth-order valence-corrected chi connectivity index (χ4v) is 1.74. The highest BCUT2D eigenvalue weighted by Crippen LogP contribution is 2.19. The molecule has 0 radical (unpaired) electrons. The summed E-state index contributed by atoms with van der Waals surface area (Å²) in [5.74, 6) is -0.772. The van der Waals surface area contributed by atoms with Crippen LogP contribution in [0.4, 0.5) is 14.6 Å². The van der Waals surface area contributed by atoms with Crippen molar-refractivity contribution in [3.05, 3.63) is 35.9 Å². The summed E-state index contributed by atoms with van der Waals surface area (Å²) in [6, 6.07) is 7.66. The van der Waals surface area contributed by atoms with Gasteiger partial charge in [-0.3, -0.25) is 0 Å². The zero-order valence-electron chi connectivity index (χ0n) is 10.3. The van der Waals surface area contributed by atoms with Gasteiger partial charge in [0, 0.05) is 11.9 Å². The molecule has 2 aromatic rings. The van der Waals surface area contributed by atoms with E-state index in [1.807, 2.05) is 0 Å². The number of rotatable bonds is 5. The summed E-state index contributed by atoms with van der Waals surface area (Å²) in [5, 5.41) is 21.1. The number of nitrogens with one attached hydrogen (secondary N) is 1. The maximum absolute atomic E-state index is 12.2. The van der Waals surface area contributed by atoms with Crippen molar-refractivity contribution in [3.63, 3.8) is 0 Å². The number of carbonyl (C=O) groups is 1. The van der Waals surface area contributed by atoms with Gasteiger partial charge < -0.3 is 15.5 Å². The Labute approximate surface area is 112 Å². The number of anilines is 1. The summed E-state index contributed by atoms with van der Waals surface area (Å²) in [6.07, 6.45) is -4.61. The van der Waals surface area contributed by atoms with Crippen LogP contribution in [0.5, 0.6) is 0 Å². The highest BCUT2D eigenvalue weighted by atomic mass is 19.3. The molecule has 0 aliphatic carbocycles. The molecular formula is C13H12F2N2O3. The SMILES string of the molecule is O=C(O)c1cccc2nc(NCC(O)C(F)F)ccc12. The molecule has 7 heteroatoms. The minimum atomic E-state index is -2.83. The van der Waals surface area contributed by atoms with Gasteiger partial charge in [-0.2, -0.15) is 0 Å². The van der Waals surface area contributed by atoms with E-state index >= 15 is 0 Å². The molecule has 2 rings (SSSR count). The highest BCUT2D eigenvalue weighted by Gasteiger charge is 2.16. The minimum Gasteiger partial charge on any atom is -0.478 e. The number of nitrogens with zero attached hydrogens (tertiary/aromatic N) is 1. The molecule has 0 aliphatic heterocycles. The summed E-state index contributed by atoms with van der Waals surface area (Å²) < 4.78 is 24.3. The number of fused-ring (bicyclic) bond motifs is 1. The number of halogens is 2. The third-order valence-corrected chi connectivity index (χ3v) is 2.75. The van der Waals surface area contributed by atoms with Crippen LogP contribution in [0.2, 0.25) is 0 Å². The van der Waals surface area contributed by atoms with Gasteiger partial charge in [-0.05, 0) is 24.3 Å². The van der Waals surface area contributed by atoms with Crippen LogP contribution in [0, 0.1) is 0 Å².